The summed E-state index contributed by atoms with van der Waals surface area (Å²) < 4.78 is 5.36. The maximum Gasteiger partial charge on any atom is 0.188 e. The first-order valence-electron chi connectivity index (χ1n) is 8.16. The van der Waals surface area contributed by atoms with E-state index in [-0.39, 0.29) is 6.04 Å². The molecule has 1 aliphatic heterocycles. The molecule has 5 heteroatoms. The number of methoxy groups -OCH3 is 1. The fraction of sp³-hybridized carbons (Fsp3) is 0.500. The minimum Gasteiger partial charge on any atom is -0.497 e. The third-order valence-electron chi connectivity index (χ3n) is 4.07. The lowest BCUT2D eigenvalue weighted by molar-refractivity contribution is 0.251. The highest BCUT2D eigenvalue weighted by molar-refractivity contribution is 5.78. The minimum absolute atomic E-state index is 0.234. The Morgan fingerprint density at radius 3 is 2.83 bits per heavy atom. The highest BCUT2D eigenvalue weighted by Crippen LogP contribution is 2.27. The third-order valence-corrected chi connectivity index (χ3v) is 4.07. The van der Waals surface area contributed by atoms with Crippen molar-refractivity contribution < 1.29 is 4.74 Å². The van der Waals surface area contributed by atoms with Gasteiger partial charge in [-0.05, 0) is 50.6 Å². The number of nitrogens with one attached hydrogen (secondary N) is 1. The summed E-state index contributed by atoms with van der Waals surface area (Å²) in [5.41, 5.74) is 8.22. The first-order valence-corrected chi connectivity index (χ1v) is 8.16. The Kier molecular flexibility index (Phi) is 6.47. The number of aliphatic imine (C=N–C) groups is 1. The lowest BCUT2D eigenvalue weighted by atomic mass is 10.1. The van der Waals surface area contributed by atoms with Crippen molar-refractivity contribution in [3.05, 3.63) is 42.0 Å². The lowest BCUT2D eigenvalue weighted by Gasteiger charge is -2.27. The van der Waals surface area contributed by atoms with Gasteiger partial charge < -0.3 is 15.8 Å². The summed E-state index contributed by atoms with van der Waals surface area (Å²) in [4.78, 5) is 7.01. The molecule has 0 spiro atoms. The number of likely N-dealkylation sites (tertiary alicyclic amines) is 1. The Balaban J connectivity index is 2.10. The highest BCUT2D eigenvalue weighted by Gasteiger charge is 2.23. The smallest absolute Gasteiger partial charge is 0.188 e. The van der Waals surface area contributed by atoms with Crippen molar-refractivity contribution in [2.45, 2.75) is 25.8 Å². The van der Waals surface area contributed by atoms with Gasteiger partial charge >= 0.3 is 0 Å². The molecule has 0 bridgehead atoms. The summed E-state index contributed by atoms with van der Waals surface area (Å²) in [5, 5.41) is 3.09. The zero-order valence-corrected chi connectivity index (χ0v) is 14.2. The molecule has 1 fully saturated rings. The second kappa shape index (κ2) is 8.58. The maximum atomic E-state index is 5.96. The van der Waals surface area contributed by atoms with Crippen molar-refractivity contribution >= 4 is 5.96 Å². The van der Waals surface area contributed by atoms with E-state index in [4.69, 9.17) is 10.5 Å². The average Bonchev–Trinajstić information content (AvgIpc) is 3.07. The molecule has 1 saturated heterocycles. The molecule has 2 rings (SSSR count). The van der Waals surface area contributed by atoms with Crippen LogP contribution in [-0.2, 0) is 0 Å². The van der Waals surface area contributed by atoms with Gasteiger partial charge in [-0.2, -0.15) is 0 Å². The molecule has 1 heterocycles. The molecule has 0 aromatic heterocycles. The van der Waals surface area contributed by atoms with Crippen LogP contribution < -0.4 is 15.8 Å². The van der Waals surface area contributed by atoms with E-state index in [1.807, 2.05) is 19.1 Å². The fourth-order valence-corrected chi connectivity index (χ4v) is 2.82. The van der Waals surface area contributed by atoms with Crippen molar-refractivity contribution in [1.29, 1.82) is 0 Å². The zero-order valence-electron chi connectivity index (χ0n) is 14.2. The molecular formula is C18H28N4O. The van der Waals surface area contributed by atoms with Gasteiger partial charge in [0.1, 0.15) is 5.75 Å². The number of ether oxygens (including phenoxy) is 1. The quantitative estimate of drug-likeness (QED) is 0.460. The molecule has 1 aliphatic rings. The van der Waals surface area contributed by atoms with Gasteiger partial charge in [0.2, 0.25) is 0 Å². The van der Waals surface area contributed by atoms with E-state index in [0.29, 0.717) is 19.0 Å². The van der Waals surface area contributed by atoms with Gasteiger partial charge in [0, 0.05) is 6.54 Å². The van der Waals surface area contributed by atoms with Gasteiger partial charge in [0.05, 0.1) is 19.7 Å². The second-order valence-electron chi connectivity index (χ2n) is 6.07. The van der Waals surface area contributed by atoms with Crippen molar-refractivity contribution in [1.82, 2.24) is 10.2 Å². The lowest BCUT2D eigenvalue weighted by Crippen LogP contribution is -2.34. The molecule has 5 nitrogen and oxygen atoms in total. The van der Waals surface area contributed by atoms with Crippen LogP contribution in [0.1, 0.15) is 31.4 Å². The third kappa shape index (κ3) is 5.28. The highest BCUT2D eigenvalue weighted by atomic mass is 16.5. The van der Waals surface area contributed by atoms with Crippen LogP contribution in [0.15, 0.2) is 41.4 Å². The second-order valence-corrected chi connectivity index (χ2v) is 6.07. The van der Waals surface area contributed by atoms with Gasteiger partial charge in [-0.25, -0.2) is 0 Å². The Bertz CT molecular complexity index is 550. The van der Waals surface area contributed by atoms with Gasteiger partial charge in [-0.3, -0.25) is 9.89 Å². The van der Waals surface area contributed by atoms with Crippen LogP contribution in [0.2, 0.25) is 0 Å². The van der Waals surface area contributed by atoms with E-state index in [0.717, 1.165) is 24.4 Å². The summed E-state index contributed by atoms with van der Waals surface area (Å²) in [6.07, 6.45) is 2.49. The largest absolute Gasteiger partial charge is 0.497 e. The van der Waals surface area contributed by atoms with E-state index < -0.39 is 0 Å². The van der Waals surface area contributed by atoms with E-state index in [9.17, 15) is 0 Å². The number of rotatable bonds is 7. The van der Waals surface area contributed by atoms with Crippen molar-refractivity contribution in [2.75, 3.05) is 33.3 Å². The van der Waals surface area contributed by atoms with Crippen molar-refractivity contribution in [3.8, 4) is 5.75 Å². The molecule has 1 atom stereocenters. The fourth-order valence-electron chi connectivity index (χ4n) is 2.82. The topological polar surface area (TPSA) is 62.9 Å². The maximum absolute atomic E-state index is 5.96. The van der Waals surface area contributed by atoms with Crippen LogP contribution in [0.5, 0.6) is 5.75 Å². The molecule has 1 aromatic rings. The van der Waals surface area contributed by atoms with Crippen LogP contribution in [0.3, 0.4) is 0 Å². The summed E-state index contributed by atoms with van der Waals surface area (Å²) in [5.74, 6) is 1.35. The van der Waals surface area contributed by atoms with Gasteiger partial charge in [0.15, 0.2) is 5.96 Å². The van der Waals surface area contributed by atoms with Crippen LogP contribution >= 0.6 is 0 Å². The van der Waals surface area contributed by atoms with Crippen LogP contribution in [0, 0.1) is 0 Å². The van der Waals surface area contributed by atoms with Gasteiger partial charge in [-0.15, -0.1) is 0 Å². The molecule has 0 radical (unpaired) electrons. The SMILES string of the molecule is C=C(C)CNC(N)=NCC(c1cccc(OC)c1)N1CCCC1. The number of hydrogen-bond acceptors (Lipinski definition) is 3. The van der Waals surface area contributed by atoms with Crippen LogP contribution in [0.4, 0.5) is 0 Å². The summed E-state index contributed by atoms with van der Waals surface area (Å²) in [6.45, 7) is 9.33. The number of nitrogens with zero attached hydrogens (tertiary/aromatic N) is 2. The first-order chi connectivity index (χ1) is 11.1. The molecule has 3 N–H and O–H groups in total. The molecule has 0 amide bonds. The van der Waals surface area contributed by atoms with E-state index in [1.54, 1.807) is 7.11 Å². The molecule has 126 valence electrons. The monoisotopic (exact) mass is 316 g/mol. The number of guanidine groups is 1. The van der Waals surface area contributed by atoms with E-state index in [2.05, 4.69) is 33.9 Å². The first kappa shape index (κ1) is 17.3. The Hall–Kier alpha value is -2.01. The Labute approximate surface area is 139 Å². The molecule has 1 aromatic carbocycles. The van der Waals surface area contributed by atoms with E-state index >= 15 is 0 Å². The molecular weight excluding hydrogens is 288 g/mol. The van der Waals surface area contributed by atoms with E-state index in [1.165, 1.54) is 18.4 Å². The number of hydrogen-bond donors (Lipinski definition) is 2. The zero-order chi connectivity index (χ0) is 16.7. The molecule has 23 heavy (non-hydrogen) atoms. The number of benzene rings is 1. The average molecular weight is 316 g/mol. The summed E-state index contributed by atoms with van der Waals surface area (Å²) in [7, 11) is 1.70. The number of nitrogens with two attached hydrogens (primary N) is 1. The summed E-state index contributed by atoms with van der Waals surface area (Å²) >= 11 is 0. The Morgan fingerprint density at radius 2 is 2.17 bits per heavy atom. The standard InChI is InChI=1S/C18H28N4O/c1-14(2)12-20-18(19)21-13-17(22-9-4-5-10-22)15-7-6-8-16(11-15)23-3/h6-8,11,17H,1,4-5,9-10,12-13H2,2-3H3,(H3,19,20,21). The van der Waals surface area contributed by atoms with Crippen molar-refractivity contribution in [3.63, 3.8) is 0 Å². The van der Waals surface area contributed by atoms with Crippen molar-refractivity contribution in [2.24, 2.45) is 10.7 Å². The minimum atomic E-state index is 0.234. The Morgan fingerprint density at radius 1 is 1.43 bits per heavy atom. The van der Waals surface area contributed by atoms with Crippen LogP contribution in [0.25, 0.3) is 0 Å². The normalized spacial score (nSPS) is 17.0. The molecule has 0 aliphatic carbocycles. The van der Waals surface area contributed by atoms with Crippen LogP contribution in [-0.4, -0.2) is 44.1 Å². The predicted molar refractivity (Wildman–Crippen MR) is 95.8 cm³/mol. The summed E-state index contributed by atoms with van der Waals surface area (Å²) in [6, 6.07) is 8.46. The van der Waals surface area contributed by atoms with Gasteiger partial charge in [-0.1, -0.05) is 24.3 Å². The molecule has 0 saturated carbocycles. The molecule has 1 unspecified atom stereocenters. The van der Waals surface area contributed by atoms with Gasteiger partial charge in [0.25, 0.3) is 0 Å². The predicted octanol–water partition coefficient (Wildman–Crippen LogP) is 2.31.